The van der Waals surface area contributed by atoms with Crippen molar-refractivity contribution in [3.8, 4) is 11.5 Å². The molecule has 0 spiro atoms. The summed E-state index contributed by atoms with van der Waals surface area (Å²) in [6.45, 7) is 5.22. The molecule has 2 aromatic rings. The van der Waals surface area contributed by atoms with Gasteiger partial charge in [0, 0.05) is 24.0 Å². The van der Waals surface area contributed by atoms with Crippen LogP contribution >= 0.6 is 11.6 Å². The quantitative estimate of drug-likeness (QED) is 0.799. The van der Waals surface area contributed by atoms with E-state index in [1.54, 1.807) is 26.8 Å². The Morgan fingerprint density at radius 2 is 2.00 bits per heavy atom. The van der Waals surface area contributed by atoms with Crippen LogP contribution < -0.4 is 10.1 Å². The van der Waals surface area contributed by atoms with Gasteiger partial charge in [-0.15, -0.1) is 0 Å². The molecule has 5 nitrogen and oxygen atoms in total. The summed E-state index contributed by atoms with van der Waals surface area (Å²) in [5.41, 5.74) is -0.372. The van der Waals surface area contributed by atoms with Crippen molar-refractivity contribution in [3.63, 3.8) is 0 Å². The number of nitrogens with one attached hydrogen (secondary N) is 1. The molecule has 1 N–H and O–H groups in total. The molecule has 0 atom stereocenters. The van der Waals surface area contributed by atoms with Gasteiger partial charge < -0.3 is 9.47 Å². The molecule has 0 unspecified atom stereocenters. The number of carbonyl (C=O) groups excluding carboxylic acids is 1. The monoisotopic (exact) mass is 338 g/mol. The van der Waals surface area contributed by atoms with Gasteiger partial charge in [-0.05, 0) is 39.0 Å². The van der Waals surface area contributed by atoms with E-state index < -0.39 is 17.5 Å². The number of halogens is 2. The molecule has 0 aliphatic heterocycles. The molecule has 1 heterocycles. The highest BCUT2D eigenvalue weighted by molar-refractivity contribution is 6.29. The third-order valence-corrected chi connectivity index (χ3v) is 2.71. The highest BCUT2D eigenvalue weighted by Gasteiger charge is 2.16. The van der Waals surface area contributed by atoms with Crippen LogP contribution in [-0.4, -0.2) is 16.7 Å². The molecule has 0 saturated heterocycles. The molecular weight excluding hydrogens is 323 g/mol. The summed E-state index contributed by atoms with van der Waals surface area (Å²) in [4.78, 5) is 15.5. The molecule has 0 saturated carbocycles. The number of amides is 1. The Balaban J connectivity index is 2.07. The predicted octanol–water partition coefficient (Wildman–Crippen LogP) is 5.01. The van der Waals surface area contributed by atoms with Gasteiger partial charge in [0.1, 0.15) is 16.5 Å². The van der Waals surface area contributed by atoms with Crippen LogP contribution in [0.2, 0.25) is 5.15 Å². The molecule has 122 valence electrons. The third kappa shape index (κ3) is 5.41. The van der Waals surface area contributed by atoms with E-state index >= 15 is 0 Å². The molecule has 0 radical (unpaired) electrons. The lowest BCUT2D eigenvalue weighted by Gasteiger charge is -2.19. The molecule has 7 heteroatoms. The topological polar surface area (TPSA) is 60.5 Å². The highest BCUT2D eigenvalue weighted by Crippen LogP contribution is 2.27. The number of pyridine rings is 1. The lowest BCUT2D eigenvalue weighted by molar-refractivity contribution is 0.0636. The first-order valence-corrected chi connectivity index (χ1v) is 7.20. The zero-order valence-corrected chi connectivity index (χ0v) is 13.6. The Hall–Kier alpha value is -2.34. The fourth-order valence-electron chi connectivity index (χ4n) is 1.66. The van der Waals surface area contributed by atoms with E-state index in [-0.39, 0.29) is 16.6 Å². The minimum atomic E-state index is -0.661. The highest BCUT2D eigenvalue weighted by atomic mass is 35.5. The first kappa shape index (κ1) is 17.0. The van der Waals surface area contributed by atoms with Crippen LogP contribution in [0.25, 0.3) is 0 Å². The van der Waals surface area contributed by atoms with Crippen molar-refractivity contribution < 1.29 is 18.7 Å². The van der Waals surface area contributed by atoms with Gasteiger partial charge in [-0.1, -0.05) is 11.6 Å². The van der Waals surface area contributed by atoms with Gasteiger partial charge in [-0.2, -0.15) is 0 Å². The number of nitrogens with zero attached hydrogens (tertiary/aromatic N) is 1. The maximum atomic E-state index is 14.1. The second-order valence-corrected chi connectivity index (χ2v) is 6.08. The zero-order chi connectivity index (χ0) is 17.0. The molecule has 23 heavy (non-hydrogen) atoms. The van der Waals surface area contributed by atoms with E-state index in [0.29, 0.717) is 5.75 Å². The van der Waals surface area contributed by atoms with Gasteiger partial charge in [0.2, 0.25) is 0 Å². The van der Waals surface area contributed by atoms with Gasteiger partial charge in [0.25, 0.3) is 0 Å². The van der Waals surface area contributed by atoms with Crippen LogP contribution in [0.1, 0.15) is 20.8 Å². The van der Waals surface area contributed by atoms with Crippen molar-refractivity contribution in [2.24, 2.45) is 0 Å². The maximum absolute atomic E-state index is 14.1. The van der Waals surface area contributed by atoms with Crippen molar-refractivity contribution in [1.29, 1.82) is 0 Å². The van der Waals surface area contributed by atoms with Gasteiger partial charge >= 0.3 is 6.09 Å². The molecule has 2 rings (SSSR count). The number of aromatic nitrogens is 1. The summed E-state index contributed by atoms with van der Waals surface area (Å²) < 4.78 is 24.5. The van der Waals surface area contributed by atoms with Crippen LogP contribution in [0.3, 0.4) is 0 Å². The molecule has 0 aliphatic rings. The van der Waals surface area contributed by atoms with Crippen LogP contribution in [0, 0.1) is 5.82 Å². The van der Waals surface area contributed by atoms with Gasteiger partial charge in [0.15, 0.2) is 11.6 Å². The fourth-order valence-corrected chi connectivity index (χ4v) is 1.82. The van der Waals surface area contributed by atoms with Crippen LogP contribution in [0.5, 0.6) is 11.5 Å². The zero-order valence-electron chi connectivity index (χ0n) is 12.9. The number of hydrogen-bond acceptors (Lipinski definition) is 4. The molecule has 1 aromatic carbocycles. The van der Waals surface area contributed by atoms with Gasteiger partial charge in [-0.3, -0.25) is 5.32 Å². The predicted molar refractivity (Wildman–Crippen MR) is 85.6 cm³/mol. The van der Waals surface area contributed by atoms with E-state index in [1.807, 2.05) is 0 Å². The van der Waals surface area contributed by atoms with Gasteiger partial charge in [0.05, 0.1) is 0 Å². The Kier molecular flexibility index (Phi) is 5.05. The third-order valence-electron chi connectivity index (χ3n) is 2.50. The Bertz CT molecular complexity index is 717. The Labute approximate surface area is 138 Å². The number of ether oxygens (including phenoxy) is 2. The number of anilines is 1. The first-order valence-electron chi connectivity index (χ1n) is 6.82. The van der Waals surface area contributed by atoms with Crippen molar-refractivity contribution >= 4 is 23.4 Å². The first-order chi connectivity index (χ1) is 10.7. The smallest absolute Gasteiger partial charge is 0.412 e. The number of hydrogen-bond donors (Lipinski definition) is 1. The number of carbonyl (C=O) groups is 1. The van der Waals surface area contributed by atoms with E-state index in [0.717, 1.165) is 6.07 Å². The van der Waals surface area contributed by atoms with Crippen molar-refractivity contribution in [2.45, 2.75) is 26.4 Å². The standard InChI is InChI=1S/C16H16ClFN2O3/c1-16(2,3)23-15(21)20-10-4-5-13(12(18)8-10)22-11-6-7-19-14(17)9-11/h4-9H,1-3H3,(H,20,21). The molecule has 1 amide bonds. The van der Waals surface area contributed by atoms with Crippen LogP contribution in [0.15, 0.2) is 36.5 Å². The van der Waals surface area contributed by atoms with Crippen molar-refractivity contribution in [1.82, 2.24) is 4.98 Å². The molecule has 0 bridgehead atoms. The summed E-state index contributed by atoms with van der Waals surface area (Å²) in [6.07, 6.45) is 0.792. The summed E-state index contributed by atoms with van der Waals surface area (Å²) in [7, 11) is 0. The van der Waals surface area contributed by atoms with Crippen molar-refractivity contribution in [2.75, 3.05) is 5.32 Å². The Morgan fingerprint density at radius 1 is 1.26 bits per heavy atom. The summed E-state index contributed by atoms with van der Waals surface area (Å²) in [5, 5.41) is 2.69. The van der Waals surface area contributed by atoms with E-state index in [1.165, 1.54) is 24.4 Å². The molecule has 0 aliphatic carbocycles. The summed E-state index contributed by atoms with van der Waals surface area (Å²) in [5.74, 6) is -0.273. The number of benzene rings is 1. The molecule has 0 fully saturated rings. The van der Waals surface area contributed by atoms with Crippen LogP contribution in [0.4, 0.5) is 14.9 Å². The van der Waals surface area contributed by atoms with Crippen LogP contribution in [-0.2, 0) is 4.74 Å². The summed E-state index contributed by atoms with van der Waals surface area (Å²) >= 11 is 5.74. The molecule has 1 aromatic heterocycles. The fraction of sp³-hybridized carbons (Fsp3) is 0.250. The largest absolute Gasteiger partial charge is 0.454 e. The lowest BCUT2D eigenvalue weighted by Crippen LogP contribution is -2.27. The second kappa shape index (κ2) is 6.83. The Morgan fingerprint density at radius 3 is 2.61 bits per heavy atom. The second-order valence-electron chi connectivity index (χ2n) is 5.69. The average molecular weight is 339 g/mol. The average Bonchev–Trinajstić information content (AvgIpc) is 2.40. The van der Waals surface area contributed by atoms with E-state index in [4.69, 9.17) is 21.1 Å². The molecular formula is C16H16ClFN2O3. The van der Waals surface area contributed by atoms with E-state index in [9.17, 15) is 9.18 Å². The lowest BCUT2D eigenvalue weighted by atomic mass is 10.2. The van der Waals surface area contributed by atoms with Crippen molar-refractivity contribution in [3.05, 3.63) is 47.5 Å². The number of rotatable bonds is 3. The van der Waals surface area contributed by atoms with Gasteiger partial charge in [-0.25, -0.2) is 14.2 Å². The normalized spacial score (nSPS) is 11.0. The maximum Gasteiger partial charge on any atom is 0.412 e. The summed E-state index contributed by atoms with van der Waals surface area (Å²) in [6, 6.07) is 7.07. The minimum absolute atomic E-state index is 0.00186. The van der Waals surface area contributed by atoms with E-state index in [2.05, 4.69) is 10.3 Å². The minimum Gasteiger partial charge on any atom is -0.454 e. The SMILES string of the molecule is CC(C)(C)OC(=O)Nc1ccc(Oc2ccnc(Cl)c2)c(F)c1.